The van der Waals surface area contributed by atoms with Gasteiger partial charge in [-0.1, -0.05) is 69.5 Å². The largest absolute Gasteiger partial charge is 0.466 e. The van der Waals surface area contributed by atoms with Crippen LogP contribution in [0.4, 0.5) is 0 Å². The van der Waals surface area contributed by atoms with E-state index >= 15 is 0 Å². The van der Waals surface area contributed by atoms with E-state index in [0.29, 0.717) is 13.0 Å². The Morgan fingerprint density at radius 2 is 1.84 bits per heavy atom. The average molecular weight is 484 g/mol. The van der Waals surface area contributed by atoms with Gasteiger partial charge in [0.15, 0.2) is 0 Å². The molecule has 1 aliphatic rings. The lowest BCUT2D eigenvalue weighted by Gasteiger charge is -2.23. The summed E-state index contributed by atoms with van der Waals surface area (Å²) < 4.78 is 5.10. The van der Waals surface area contributed by atoms with Gasteiger partial charge in [-0.15, -0.1) is 23.2 Å². The molecule has 1 aliphatic carbocycles. The molecule has 0 spiro atoms. The molecule has 0 heterocycles. The second kappa shape index (κ2) is 15.0. The molecule has 1 aromatic rings. The van der Waals surface area contributed by atoms with Gasteiger partial charge in [-0.3, -0.25) is 4.79 Å². The van der Waals surface area contributed by atoms with Crippen LogP contribution in [0.2, 0.25) is 0 Å². The van der Waals surface area contributed by atoms with E-state index in [-0.39, 0.29) is 28.6 Å². The zero-order valence-corrected chi connectivity index (χ0v) is 21.2. The van der Waals surface area contributed by atoms with E-state index in [1.807, 2.05) is 19.1 Å². The lowest BCUT2D eigenvalue weighted by atomic mass is 9.85. The van der Waals surface area contributed by atoms with E-state index in [9.17, 15) is 9.90 Å². The van der Waals surface area contributed by atoms with Gasteiger partial charge >= 0.3 is 5.97 Å². The predicted molar refractivity (Wildman–Crippen MR) is 135 cm³/mol. The lowest BCUT2D eigenvalue weighted by Crippen LogP contribution is -2.16. The van der Waals surface area contributed by atoms with Crippen molar-refractivity contribution in [2.24, 2.45) is 5.92 Å². The molecule has 0 saturated heterocycles. The molecular formula is C27H40Cl2O3. The molecule has 180 valence electrons. The second-order valence-electron chi connectivity index (χ2n) is 8.96. The maximum absolute atomic E-state index is 11.6. The minimum absolute atomic E-state index is 0.0181. The van der Waals surface area contributed by atoms with E-state index in [1.54, 1.807) is 0 Å². The summed E-state index contributed by atoms with van der Waals surface area (Å²) in [6, 6.07) is 8.32. The number of benzene rings is 1. The summed E-state index contributed by atoms with van der Waals surface area (Å²) in [5, 5.41) is 10.5. The standard InChI is InChI=1S/C27H40Cl2O3/c1-3-5-8-12-25(30)20-14-16-21(17-15-20)27-22(23(28)19-24(27)29)11-9-6-7-10-13-26(31)32-18-4-2/h6,9,14-17,22-25,27,30H,3-5,7-8,10-13,18-19H2,1-2H3/b9-6-/t22-,23+,24-,25?,27+/m0/s1. The normalized spacial score (nSPS) is 24.2. The molecule has 1 N–H and O–H groups in total. The number of aliphatic hydroxyl groups excluding tert-OH is 1. The zero-order chi connectivity index (χ0) is 23.3. The Hall–Kier alpha value is -1.03. The minimum Gasteiger partial charge on any atom is -0.466 e. The highest BCUT2D eigenvalue weighted by Gasteiger charge is 2.41. The van der Waals surface area contributed by atoms with Crippen molar-refractivity contribution < 1.29 is 14.6 Å². The average Bonchev–Trinajstić information content (AvgIpc) is 3.07. The summed E-state index contributed by atoms with van der Waals surface area (Å²) >= 11 is 13.4. The number of allylic oxidation sites excluding steroid dienone is 2. The Balaban J connectivity index is 1.88. The Morgan fingerprint density at radius 3 is 2.53 bits per heavy atom. The van der Waals surface area contributed by atoms with Crippen LogP contribution in [0.25, 0.3) is 0 Å². The minimum atomic E-state index is -0.398. The molecule has 32 heavy (non-hydrogen) atoms. The molecule has 0 radical (unpaired) electrons. The van der Waals surface area contributed by atoms with Gasteiger partial charge in [0.05, 0.1) is 12.7 Å². The highest BCUT2D eigenvalue weighted by atomic mass is 35.5. The van der Waals surface area contributed by atoms with Crippen LogP contribution in [-0.4, -0.2) is 28.4 Å². The van der Waals surface area contributed by atoms with E-state index in [4.69, 9.17) is 27.9 Å². The number of esters is 1. The van der Waals surface area contributed by atoms with Crippen molar-refractivity contribution in [3.05, 3.63) is 47.5 Å². The molecule has 1 fully saturated rings. The second-order valence-corrected chi connectivity index (χ2v) is 10.1. The third kappa shape index (κ3) is 8.72. The zero-order valence-electron chi connectivity index (χ0n) is 19.6. The maximum Gasteiger partial charge on any atom is 0.305 e. The highest BCUT2D eigenvalue weighted by Crippen LogP contribution is 2.47. The number of rotatable bonds is 14. The van der Waals surface area contributed by atoms with Crippen LogP contribution in [0.15, 0.2) is 36.4 Å². The van der Waals surface area contributed by atoms with Crippen LogP contribution in [0.3, 0.4) is 0 Å². The lowest BCUT2D eigenvalue weighted by molar-refractivity contribution is -0.143. The van der Waals surface area contributed by atoms with Gasteiger partial charge in [-0.2, -0.15) is 0 Å². The number of unbranched alkanes of at least 4 members (excludes halogenated alkanes) is 3. The van der Waals surface area contributed by atoms with Gasteiger partial charge in [0.1, 0.15) is 0 Å². The quantitative estimate of drug-likeness (QED) is 0.128. The molecule has 1 saturated carbocycles. The van der Waals surface area contributed by atoms with Crippen LogP contribution in [0.5, 0.6) is 0 Å². The summed E-state index contributed by atoms with van der Waals surface area (Å²) in [6.45, 7) is 4.67. The number of carbonyl (C=O) groups is 1. The van der Waals surface area contributed by atoms with Crippen molar-refractivity contribution in [2.75, 3.05) is 6.61 Å². The molecule has 0 amide bonds. The van der Waals surface area contributed by atoms with E-state index in [2.05, 4.69) is 31.2 Å². The van der Waals surface area contributed by atoms with E-state index in [1.165, 1.54) is 5.56 Å². The number of hydrogen-bond donors (Lipinski definition) is 1. The van der Waals surface area contributed by atoms with Crippen molar-refractivity contribution >= 4 is 29.2 Å². The van der Waals surface area contributed by atoms with Crippen molar-refractivity contribution in [3.8, 4) is 0 Å². The molecule has 0 bridgehead atoms. The summed E-state index contributed by atoms with van der Waals surface area (Å²) in [6.07, 6.45) is 12.8. The monoisotopic (exact) mass is 482 g/mol. The Bertz CT molecular complexity index is 689. The van der Waals surface area contributed by atoms with Crippen molar-refractivity contribution in [3.63, 3.8) is 0 Å². The summed E-state index contributed by atoms with van der Waals surface area (Å²) in [5.74, 6) is 0.380. The molecule has 3 nitrogen and oxygen atoms in total. The molecular weight excluding hydrogens is 443 g/mol. The topological polar surface area (TPSA) is 46.5 Å². The maximum atomic E-state index is 11.6. The van der Waals surface area contributed by atoms with Gasteiger partial charge < -0.3 is 9.84 Å². The number of hydrogen-bond acceptors (Lipinski definition) is 3. The highest BCUT2D eigenvalue weighted by molar-refractivity contribution is 6.25. The smallest absolute Gasteiger partial charge is 0.305 e. The fourth-order valence-corrected chi connectivity index (χ4v) is 5.57. The van der Waals surface area contributed by atoms with Crippen LogP contribution >= 0.6 is 23.2 Å². The number of carbonyl (C=O) groups excluding carboxylic acids is 1. The van der Waals surface area contributed by atoms with Crippen LogP contribution in [0.1, 0.15) is 101 Å². The van der Waals surface area contributed by atoms with Gasteiger partial charge in [-0.25, -0.2) is 0 Å². The molecule has 2 rings (SSSR count). The molecule has 1 aromatic carbocycles. The fourth-order valence-electron chi connectivity index (χ4n) is 4.50. The number of aliphatic hydroxyl groups is 1. The van der Waals surface area contributed by atoms with Gasteiger partial charge in [-0.05, 0) is 55.6 Å². The first-order chi connectivity index (χ1) is 15.5. The number of ether oxygens (including phenoxy) is 1. The molecule has 0 aliphatic heterocycles. The van der Waals surface area contributed by atoms with Gasteiger partial charge in [0.25, 0.3) is 0 Å². The van der Waals surface area contributed by atoms with Crippen LogP contribution in [0, 0.1) is 5.92 Å². The van der Waals surface area contributed by atoms with Crippen LogP contribution in [-0.2, 0) is 9.53 Å². The first-order valence-electron chi connectivity index (χ1n) is 12.3. The molecule has 5 atom stereocenters. The third-order valence-corrected chi connectivity index (χ3v) is 7.30. The van der Waals surface area contributed by atoms with Gasteiger partial charge in [0.2, 0.25) is 0 Å². The number of halogens is 2. The van der Waals surface area contributed by atoms with E-state index < -0.39 is 6.10 Å². The Morgan fingerprint density at radius 1 is 1.09 bits per heavy atom. The molecule has 0 aromatic heterocycles. The predicted octanol–water partition coefficient (Wildman–Crippen LogP) is 7.69. The Labute approximate surface area is 204 Å². The van der Waals surface area contributed by atoms with Crippen LogP contribution < -0.4 is 0 Å². The number of alkyl halides is 2. The van der Waals surface area contributed by atoms with Crippen molar-refractivity contribution in [1.29, 1.82) is 0 Å². The van der Waals surface area contributed by atoms with Crippen molar-refractivity contribution in [2.45, 2.75) is 101 Å². The first kappa shape index (κ1) is 27.2. The Kier molecular flexibility index (Phi) is 12.7. The molecule has 1 unspecified atom stereocenters. The summed E-state index contributed by atoms with van der Waals surface area (Å²) in [7, 11) is 0. The van der Waals surface area contributed by atoms with Crippen molar-refractivity contribution in [1.82, 2.24) is 0 Å². The molecule has 5 heteroatoms. The fraction of sp³-hybridized carbons (Fsp3) is 0.667. The third-order valence-electron chi connectivity index (χ3n) is 6.35. The first-order valence-corrected chi connectivity index (χ1v) is 13.2. The van der Waals surface area contributed by atoms with Gasteiger partial charge in [0, 0.05) is 23.1 Å². The SMILES string of the molecule is CCCCCC(O)c1ccc([C@@H]2[C@@H](C/C=C\CCCC(=O)OCCC)[C@H](Cl)C[C@@H]2Cl)cc1. The van der Waals surface area contributed by atoms with E-state index in [0.717, 1.165) is 63.4 Å². The summed E-state index contributed by atoms with van der Waals surface area (Å²) in [4.78, 5) is 11.6. The summed E-state index contributed by atoms with van der Waals surface area (Å²) in [5.41, 5.74) is 2.18.